The van der Waals surface area contributed by atoms with Gasteiger partial charge in [0.15, 0.2) is 6.61 Å². The molecule has 0 bridgehead atoms. The molecule has 6 nitrogen and oxygen atoms in total. The SMILES string of the molecule is Cc1nc2cc(C(=O)OCC(=O)N[C@H]3CCCc4ccccc43)ccc2n1-c1ccccc1. The molecule has 0 saturated heterocycles. The molecular weight excluding hydrogens is 414 g/mol. The number of rotatable bonds is 5. The van der Waals surface area contributed by atoms with E-state index in [1.807, 2.05) is 60.0 Å². The van der Waals surface area contributed by atoms with E-state index in [1.165, 1.54) is 5.56 Å². The van der Waals surface area contributed by atoms with E-state index in [2.05, 4.69) is 22.4 Å². The van der Waals surface area contributed by atoms with Crippen molar-refractivity contribution in [3.8, 4) is 5.69 Å². The number of fused-ring (bicyclic) bond motifs is 2. The van der Waals surface area contributed by atoms with Crippen LogP contribution in [0.3, 0.4) is 0 Å². The minimum atomic E-state index is -0.539. The normalized spacial score (nSPS) is 15.1. The number of nitrogens with zero attached hydrogens (tertiary/aromatic N) is 2. The average Bonchev–Trinajstić information content (AvgIpc) is 3.18. The Bertz CT molecular complexity index is 1330. The number of amides is 1. The Hall–Kier alpha value is -3.93. The minimum absolute atomic E-state index is 0.0394. The molecule has 0 aliphatic heterocycles. The summed E-state index contributed by atoms with van der Waals surface area (Å²) in [6.07, 6.45) is 2.94. The molecule has 33 heavy (non-hydrogen) atoms. The van der Waals surface area contributed by atoms with E-state index in [0.29, 0.717) is 11.1 Å². The molecule has 3 aromatic carbocycles. The van der Waals surface area contributed by atoms with Crippen LogP contribution in [0.2, 0.25) is 0 Å². The standard InChI is InChI=1S/C27H25N3O3/c1-18-28-24-16-20(14-15-25(24)30(18)21-10-3-2-4-11-21)27(32)33-17-26(31)29-23-13-7-9-19-8-5-6-12-22(19)23/h2-6,8,10-12,14-16,23H,7,9,13,17H2,1H3,(H,29,31)/t23-/m0/s1. The maximum absolute atomic E-state index is 12.6. The summed E-state index contributed by atoms with van der Waals surface area (Å²) in [6, 6.07) is 23.3. The molecule has 5 rings (SSSR count). The lowest BCUT2D eigenvalue weighted by atomic mass is 9.88. The summed E-state index contributed by atoms with van der Waals surface area (Å²) in [4.78, 5) is 29.7. The molecule has 0 spiro atoms. The number of para-hydroxylation sites is 1. The van der Waals surface area contributed by atoms with Crippen molar-refractivity contribution in [1.82, 2.24) is 14.9 Å². The van der Waals surface area contributed by atoms with Gasteiger partial charge in [0, 0.05) is 5.69 Å². The number of carbonyl (C=O) groups is 2. The molecule has 6 heteroatoms. The van der Waals surface area contributed by atoms with E-state index in [0.717, 1.165) is 41.9 Å². The highest BCUT2D eigenvalue weighted by atomic mass is 16.5. The summed E-state index contributed by atoms with van der Waals surface area (Å²) >= 11 is 0. The smallest absolute Gasteiger partial charge is 0.338 e. The van der Waals surface area contributed by atoms with Crippen molar-refractivity contribution in [2.45, 2.75) is 32.2 Å². The van der Waals surface area contributed by atoms with E-state index in [-0.39, 0.29) is 18.6 Å². The van der Waals surface area contributed by atoms with Gasteiger partial charge in [-0.25, -0.2) is 9.78 Å². The Kier molecular flexibility index (Phi) is 5.65. The van der Waals surface area contributed by atoms with Gasteiger partial charge in [-0.15, -0.1) is 0 Å². The first-order valence-corrected chi connectivity index (χ1v) is 11.2. The van der Waals surface area contributed by atoms with Gasteiger partial charge in [-0.2, -0.15) is 0 Å². The second kappa shape index (κ2) is 8.90. The van der Waals surface area contributed by atoms with Crippen molar-refractivity contribution in [3.05, 3.63) is 95.3 Å². The number of hydrogen-bond acceptors (Lipinski definition) is 4. The van der Waals surface area contributed by atoms with Crippen LogP contribution in [0.5, 0.6) is 0 Å². The van der Waals surface area contributed by atoms with Crippen LogP contribution in [0.4, 0.5) is 0 Å². The van der Waals surface area contributed by atoms with Gasteiger partial charge in [-0.1, -0.05) is 42.5 Å². The van der Waals surface area contributed by atoms with Gasteiger partial charge < -0.3 is 10.1 Å². The molecule has 166 valence electrons. The van der Waals surface area contributed by atoms with Crippen molar-refractivity contribution in [2.75, 3.05) is 6.61 Å². The fourth-order valence-corrected chi connectivity index (χ4v) is 4.58. The van der Waals surface area contributed by atoms with Crippen LogP contribution in [0, 0.1) is 6.92 Å². The van der Waals surface area contributed by atoms with Gasteiger partial charge in [0.2, 0.25) is 0 Å². The molecule has 1 aliphatic carbocycles. The zero-order valence-electron chi connectivity index (χ0n) is 18.5. The molecule has 1 amide bonds. The number of carbonyl (C=O) groups excluding carboxylic acids is 2. The zero-order chi connectivity index (χ0) is 22.8. The molecule has 0 unspecified atom stereocenters. The van der Waals surface area contributed by atoms with Crippen molar-refractivity contribution in [3.63, 3.8) is 0 Å². The van der Waals surface area contributed by atoms with Crippen molar-refractivity contribution in [2.24, 2.45) is 0 Å². The molecule has 0 radical (unpaired) electrons. The summed E-state index contributed by atoms with van der Waals surface area (Å²) in [5, 5.41) is 3.01. The lowest BCUT2D eigenvalue weighted by Gasteiger charge is -2.26. The van der Waals surface area contributed by atoms with E-state index < -0.39 is 5.97 Å². The number of ether oxygens (including phenoxy) is 1. The average molecular weight is 440 g/mol. The third kappa shape index (κ3) is 4.24. The van der Waals surface area contributed by atoms with E-state index in [4.69, 9.17) is 4.74 Å². The first-order chi connectivity index (χ1) is 16.1. The highest BCUT2D eigenvalue weighted by molar-refractivity contribution is 5.95. The van der Waals surface area contributed by atoms with Crippen molar-refractivity contribution in [1.29, 1.82) is 0 Å². The lowest BCUT2D eigenvalue weighted by molar-refractivity contribution is -0.125. The van der Waals surface area contributed by atoms with Crippen LogP contribution in [0.1, 0.15) is 46.2 Å². The predicted octanol–water partition coefficient (Wildman–Crippen LogP) is 4.68. The van der Waals surface area contributed by atoms with Crippen LogP contribution in [0.15, 0.2) is 72.8 Å². The predicted molar refractivity (Wildman–Crippen MR) is 126 cm³/mol. The fourth-order valence-electron chi connectivity index (χ4n) is 4.58. The summed E-state index contributed by atoms with van der Waals surface area (Å²) in [5.74, 6) is -0.00722. The summed E-state index contributed by atoms with van der Waals surface area (Å²) in [5.41, 5.74) is 5.41. The van der Waals surface area contributed by atoms with Crippen molar-refractivity contribution >= 4 is 22.9 Å². The number of hydrogen-bond donors (Lipinski definition) is 1. The van der Waals surface area contributed by atoms with E-state index in [9.17, 15) is 9.59 Å². The second-order valence-corrected chi connectivity index (χ2v) is 8.32. The van der Waals surface area contributed by atoms with Gasteiger partial charge in [-0.3, -0.25) is 9.36 Å². The maximum Gasteiger partial charge on any atom is 0.338 e. The Morgan fingerprint density at radius 1 is 1.06 bits per heavy atom. The molecule has 1 aliphatic rings. The van der Waals surface area contributed by atoms with Crippen LogP contribution < -0.4 is 5.32 Å². The zero-order valence-corrected chi connectivity index (χ0v) is 18.5. The molecule has 1 heterocycles. The first-order valence-electron chi connectivity index (χ1n) is 11.2. The van der Waals surface area contributed by atoms with Crippen LogP contribution in [-0.2, 0) is 16.0 Å². The van der Waals surface area contributed by atoms with E-state index >= 15 is 0 Å². The first kappa shape index (κ1) is 20.9. The minimum Gasteiger partial charge on any atom is -0.452 e. The van der Waals surface area contributed by atoms with Gasteiger partial charge in [0.25, 0.3) is 5.91 Å². The summed E-state index contributed by atoms with van der Waals surface area (Å²) in [7, 11) is 0. The number of esters is 1. The number of imidazole rings is 1. The maximum atomic E-state index is 12.6. The Morgan fingerprint density at radius 3 is 2.70 bits per heavy atom. The van der Waals surface area contributed by atoms with E-state index in [1.54, 1.807) is 12.1 Å². The highest BCUT2D eigenvalue weighted by Gasteiger charge is 2.22. The molecule has 1 aromatic heterocycles. The van der Waals surface area contributed by atoms with Gasteiger partial charge in [-0.05, 0) is 67.6 Å². The lowest BCUT2D eigenvalue weighted by Crippen LogP contribution is -2.34. The molecular formula is C27H25N3O3. The largest absolute Gasteiger partial charge is 0.452 e. The Morgan fingerprint density at radius 2 is 1.85 bits per heavy atom. The van der Waals surface area contributed by atoms with Gasteiger partial charge >= 0.3 is 5.97 Å². The summed E-state index contributed by atoms with van der Waals surface area (Å²) < 4.78 is 7.35. The third-order valence-electron chi connectivity index (χ3n) is 6.11. The topological polar surface area (TPSA) is 73.2 Å². The molecule has 4 aromatic rings. The Balaban J connectivity index is 1.26. The van der Waals surface area contributed by atoms with Gasteiger partial charge in [0.1, 0.15) is 5.82 Å². The van der Waals surface area contributed by atoms with Crippen LogP contribution >= 0.6 is 0 Å². The van der Waals surface area contributed by atoms with Gasteiger partial charge in [0.05, 0.1) is 22.6 Å². The monoisotopic (exact) mass is 439 g/mol. The fraction of sp³-hybridized carbons (Fsp3) is 0.222. The Labute approximate surface area is 192 Å². The number of nitrogens with one attached hydrogen (secondary N) is 1. The van der Waals surface area contributed by atoms with Crippen molar-refractivity contribution < 1.29 is 14.3 Å². The molecule has 1 N–H and O–H groups in total. The molecule has 0 fully saturated rings. The number of aromatic nitrogens is 2. The third-order valence-corrected chi connectivity index (χ3v) is 6.11. The second-order valence-electron chi connectivity index (χ2n) is 8.32. The quantitative estimate of drug-likeness (QED) is 0.458. The highest BCUT2D eigenvalue weighted by Crippen LogP contribution is 2.29. The molecule has 1 atom stereocenters. The van der Waals surface area contributed by atoms with Crippen LogP contribution in [0.25, 0.3) is 16.7 Å². The summed E-state index contributed by atoms with van der Waals surface area (Å²) in [6.45, 7) is 1.62. The molecule has 0 saturated carbocycles. The number of benzene rings is 3. The number of aryl methyl sites for hydroxylation is 2. The van der Waals surface area contributed by atoms with Crippen LogP contribution in [-0.4, -0.2) is 28.0 Å².